The van der Waals surface area contributed by atoms with E-state index in [0.717, 1.165) is 0 Å². The van der Waals surface area contributed by atoms with Crippen LogP contribution in [0.5, 0.6) is 0 Å². The highest BCUT2D eigenvalue weighted by atomic mass is 16.1. The highest BCUT2D eigenvalue weighted by Gasteiger charge is 1.98. The molecule has 0 aliphatic carbocycles. The molecule has 6 heteroatoms. The van der Waals surface area contributed by atoms with Crippen LogP contribution in [0, 0.1) is 0 Å². The third kappa shape index (κ3) is 0.759. The summed E-state index contributed by atoms with van der Waals surface area (Å²) in [6.45, 7) is 0. The molecule has 0 saturated heterocycles. The van der Waals surface area contributed by atoms with Crippen molar-refractivity contribution in [2.75, 3.05) is 5.73 Å². The van der Waals surface area contributed by atoms with Gasteiger partial charge in [0.25, 0.3) is 0 Å². The molecule has 3 N–H and O–H groups in total. The molecule has 0 aromatic carbocycles. The normalized spacial score (nSPS) is 10.5. The van der Waals surface area contributed by atoms with E-state index in [9.17, 15) is 4.79 Å². The number of aromatic nitrogens is 4. The van der Waals surface area contributed by atoms with Crippen LogP contribution in [0.1, 0.15) is 0 Å². The van der Waals surface area contributed by atoms with E-state index in [1.807, 2.05) is 0 Å². The summed E-state index contributed by atoms with van der Waals surface area (Å²) in [5.41, 5.74) is 5.40. The smallest absolute Gasteiger partial charge is 0.335 e. The zero-order chi connectivity index (χ0) is 7.84. The van der Waals surface area contributed by atoms with E-state index in [2.05, 4.69) is 15.0 Å². The number of hydrogen-bond donors (Lipinski definition) is 2. The second-order valence-corrected chi connectivity index (χ2v) is 2.05. The van der Waals surface area contributed by atoms with Crippen LogP contribution in [-0.2, 0) is 0 Å². The monoisotopic (exact) mass is 151 g/mol. The molecule has 0 aliphatic rings. The van der Waals surface area contributed by atoms with Crippen molar-refractivity contribution in [1.82, 2.24) is 19.4 Å². The molecule has 0 radical (unpaired) electrons. The van der Waals surface area contributed by atoms with Crippen LogP contribution in [0.15, 0.2) is 17.3 Å². The van der Waals surface area contributed by atoms with Gasteiger partial charge >= 0.3 is 5.69 Å². The number of aromatic amines is 1. The molecule has 2 aromatic rings. The first-order chi connectivity index (χ1) is 5.27. The van der Waals surface area contributed by atoms with Crippen LogP contribution < -0.4 is 11.4 Å². The molecule has 0 spiro atoms. The van der Waals surface area contributed by atoms with Crippen LogP contribution in [0.4, 0.5) is 5.95 Å². The Labute approximate surface area is 60.7 Å². The van der Waals surface area contributed by atoms with E-state index in [1.54, 1.807) is 0 Å². The van der Waals surface area contributed by atoms with Crippen molar-refractivity contribution >= 4 is 11.6 Å². The lowest BCUT2D eigenvalue weighted by molar-refractivity contribution is 0.959. The van der Waals surface area contributed by atoms with Crippen LogP contribution in [0.3, 0.4) is 0 Å². The van der Waals surface area contributed by atoms with E-state index < -0.39 is 0 Å². The topological polar surface area (TPSA) is 89.1 Å². The first-order valence-corrected chi connectivity index (χ1v) is 2.95. The fourth-order valence-electron chi connectivity index (χ4n) is 0.848. The number of H-pyrrole nitrogens is 1. The molecule has 0 bridgehead atoms. The molecule has 6 nitrogen and oxygen atoms in total. The number of rotatable bonds is 0. The first kappa shape index (κ1) is 5.90. The fraction of sp³-hybridized carbons (Fsp3) is 0. The predicted molar refractivity (Wildman–Crippen MR) is 38.0 cm³/mol. The van der Waals surface area contributed by atoms with Crippen molar-refractivity contribution < 1.29 is 0 Å². The zero-order valence-corrected chi connectivity index (χ0v) is 5.48. The summed E-state index contributed by atoms with van der Waals surface area (Å²) in [7, 11) is 0. The van der Waals surface area contributed by atoms with Gasteiger partial charge in [0, 0.05) is 0 Å². The van der Waals surface area contributed by atoms with Gasteiger partial charge in [-0.2, -0.15) is 4.98 Å². The lowest BCUT2D eigenvalue weighted by Gasteiger charge is -1.92. The van der Waals surface area contributed by atoms with Crippen molar-refractivity contribution in [1.29, 1.82) is 0 Å². The molecular weight excluding hydrogens is 146 g/mol. The van der Waals surface area contributed by atoms with Gasteiger partial charge < -0.3 is 5.73 Å². The van der Waals surface area contributed by atoms with Gasteiger partial charge in [-0.1, -0.05) is 0 Å². The SMILES string of the molecule is Nc1nc2cncn2c(=O)[nH]1. The molecule has 0 aliphatic heterocycles. The highest BCUT2D eigenvalue weighted by Crippen LogP contribution is 1.93. The summed E-state index contributed by atoms with van der Waals surface area (Å²) in [4.78, 5) is 20.9. The van der Waals surface area contributed by atoms with E-state index in [0.29, 0.717) is 5.65 Å². The molecule has 2 rings (SSSR count). The quantitative estimate of drug-likeness (QED) is 0.505. The fourth-order valence-corrected chi connectivity index (χ4v) is 0.848. The standard InChI is InChI=1S/C5H5N5O/c6-4-8-3-1-7-2-10(3)5(11)9-4/h1-2H,(H3,6,8,9,11). The number of imidazole rings is 1. The Hall–Kier alpha value is -1.85. The Morgan fingerprint density at radius 1 is 1.64 bits per heavy atom. The molecule has 2 heterocycles. The molecule has 0 fully saturated rings. The third-order valence-corrected chi connectivity index (χ3v) is 1.31. The summed E-state index contributed by atoms with van der Waals surface area (Å²) in [6, 6.07) is 0. The number of anilines is 1. The predicted octanol–water partition coefficient (Wildman–Crippen LogP) is -1.00. The molecule has 0 atom stereocenters. The first-order valence-electron chi connectivity index (χ1n) is 2.95. The highest BCUT2D eigenvalue weighted by molar-refractivity contribution is 5.37. The number of nitrogens with two attached hydrogens (primary N) is 1. The summed E-state index contributed by atoms with van der Waals surface area (Å²) in [6.07, 6.45) is 2.84. The molecule has 0 unspecified atom stereocenters. The number of nitrogen functional groups attached to an aromatic ring is 1. The lowest BCUT2D eigenvalue weighted by Crippen LogP contribution is -2.18. The van der Waals surface area contributed by atoms with Crippen molar-refractivity contribution in [2.24, 2.45) is 0 Å². The van der Waals surface area contributed by atoms with Gasteiger partial charge in [-0.05, 0) is 0 Å². The van der Waals surface area contributed by atoms with Crippen LogP contribution >= 0.6 is 0 Å². The zero-order valence-electron chi connectivity index (χ0n) is 5.48. The maximum atomic E-state index is 11.0. The minimum absolute atomic E-state index is 0.100. The maximum absolute atomic E-state index is 11.0. The molecule has 56 valence electrons. The van der Waals surface area contributed by atoms with E-state index in [4.69, 9.17) is 5.73 Å². The Balaban J connectivity index is 3.02. The number of nitrogens with zero attached hydrogens (tertiary/aromatic N) is 3. The summed E-state index contributed by atoms with van der Waals surface area (Å²) in [5.74, 6) is 0.100. The van der Waals surface area contributed by atoms with Crippen LogP contribution in [0.2, 0.25) is 0 Å². The van der Waals surface area contributed by atoms with Crippen LogP contribution in [-0.4, -0.2) is 19.4 Å². The Morgan fingerprint density at radius 3 is 3.27 bits per heavy atom. The second-order valence-electron chi connectivity index (χ2n) is 2.05. The van der Waals surface area contributed by atoms with E-state index in [1.165, 1.54) is 16.9 Å². The number of nitrogens with one attached hydrogen (secondary N) is 1. The minimum Gasteiger partial charge on any atom is -0.369 e. The molecular formula is C5H5N5O. The maximum Gasteiger partial charge on any atom is 0.335 e. The van der Waals surface area contributed by atoms with Gasteiger partial charge in [0.1, 0.15) is 6.33 Å². The van der Waals surface area contributed by atoms with Gasteiger partial charge in [0.2, 0.25) is 5.95 Å². The van der Waals surface area contributed by atoms with Gasteiger partial charge in [-0.25, -0.2) is 14.2 Å². The average Bonchev–Trinajstić information content (AvgIpc) is 2.34. The van der Waals surface area contributed by atoms with Gasteiger partial charge in [0.15, 0.2) is 5.65 Å². The second kappa shape index (κ2) is 1.82. The molecule has 0 amide bonds. The van der Waals surface area contributed by atoms with Gasteiger partial charge in [-0.3, -0.25) is 4.98 Å². The van der Waals surface area contributed by atoms with Crippen molar-refractivity contribution in [3.05, 3.63) is 23.0 Å². The molecule has 0 saturated carbocycles. The van der Waals surface area contributed by atoms with E-state index >= 15 is 0 Å². The van der Waals surface area contributed by atoms with Gasteiger partial charge in [-0.15, -0.1) is 0 Å². The molecule has 2 aromatic heterocycles. The molecule has 11 heavy (non-hydrogen) atoms. The summed E-state index contributed by atoms with van der Waals surface area (Å²) < 4.78 is 1.27. The van der Waals surface area contributed by atoms with Crippen molar-refractivity contribution in [3.63, 3.8) is 0 Å². The van der Waals surface area contributed by atoms with Gasteiger partial charge in [0.05, 0.1) is 6.20 Å². The number of hydrogen-bond acceptors (Lipinski definition) is 4. The Kier molecular flexibility index (Phi) is 0.974. The Bertz CT molecular complexity index is 441. The third-order valence-electron chi connectivity index (χ3n) is 1.31. The lowest BCUT2D eigenvalue weighted by atomic mass is 10.8. The summed E-state index contributed by atoms with van der Waals surface area (Å²) >= 11 is 0. The number of fused-ring (bicyclic) bond motifs is 1. The minimum atomic E-state index is -0.329. The largest absolute Gasteiger partial charge is 0.369 e. The van der Waals surface area contributed by atoms with Crippen molar-refractivity contribution in [2.45, 2.75) is 0 Å². The summed E-state index contributed by atoms with van der Waals surface area (Å²) in [5, 5.41) is 0. The van der Waals surface area contributed by atoms with Crippen molar-refractivity contribution in [3.8, 4) is 0 Å². The van der Waals surface area contributed by atoms with E-state index in [-0.39, 0.29) is 11.6 Å². The average molecular weight is 151 g/mol. The Morgan fingerprint density at radius 2 is 2.45 bits per heavy atom. The van der Waals surface area contributed by atoms with Crippen LogP contribution in [0.25, 0.3) is 5.65 Å².